The zero-order chi connectivity index (χ0) is 12.4. The topological polar surface area (TPSA) is 21.3 Å². The third-order valence-electron chi connectivity index (χ3n) is 3.20. The van der Waals surface area contributed by atoms with Crippen LogP contribution in [0.25, 0.3) is 0 Å². The molecule has 1 aromatic carbocycles. The van der Waals surface area contributed by atoms with Crippen molar-refractivity contribution in [3.8, 4) is 5.75 Å². The summed E-state index contributed by atoms with van der Waals surface area (Å²) in [7, 11) is 0. The minimum atomic E-state index is 0.365. The second kappa shape index (κ2) is 5.40. The van der Waals surface area contributed by atoms with E-state index in [1.165, 1.54) is 11.1 Å². The van der Waals surface area contributed by atoms with Gasteiger partial charge in [0.15, 0.2) is 0 Å². The van der Waals surface area contributed by atoms with Gasteiger partial charge in [0.2, 0.25) is 0 Å². The second-order valence-corrected chi connectivity index (χ2v) is 5.78. The quantitative estimate of drug-likeness (QED) is 0.915. The van der Waals surface area contributed by atoms with Crippen LogP contribution in [0, 0.1) is 5.92 Å². The van der Waals surface area contributed by atoms with E-state index < -0.39 is 0 Å². The zero-order valence-electron chi connectivity index (χ0n) is 10.7. The van der Waals surface area contributed by atoms with Crippen molar-refractivity contribution in [1.82, 2.24) is 5.32 Å². The normalized spacial score (nSPS) is 15.8. The monoisotopic (exact) mass is 297 g/mol. The SMILES string of the molecule is CCNC(c1cc(Br)cc2c1OCC2)C(C)C. The average Bonchev–Trinajstić information content (AvgIpc) is 2.72. The number of nitrogens with one attached hydrogen (secondary N) is 1. The maximum atomic E-state index is 5.80. The Morgan fingerprint density at radius 2 is 2.18 bits per heavy atom. The molecular weight excluding hydrogens is 278 g/mol. The van der Waals surface area contributed by atoms with Crippen LogP contribution in [0.5, 0.6) is 5.75 Å². The highest BCUT2D eigenvalue weighted by molar-refractivity contribution is 9.10. The predicted octanol–water partition coefficient (Wildman–Crippen LogP) is 3.69. The molecule has 1 heterocycles. The van der Waals surface area contributed by atoms with Gasteiger partial charge in [-0.2, -0.15) is 0 Å². The van der Waals surface area contributed by atoms with E-state index in [2.05, 4.69) is 54.2 Å². The summed E-state index contributed by atoms with van der Waals surface area (Å²) in [6, 6.07) is 4.73. The fourth-order valence-corrected chi connectivity index (χ4v) is 2.98. The summed E-state index contributed by atoms with van der Waals surface area (Å²) < 4.78 is 6.95. The Morgan fingerprint density at radius 1 is 1.41 bits per heavy atom. The molecule has 3 heteroatoms. The van der Waals surface area contributed by atoms with E-state index in [1.807, 2.05) is 0 Å². The van der Waals surface area contributed by atoms with Gasteiger partial charge in [0, 0.05) is 22.5 Å². The summed E-state index contributed by atoms with van der Waals surface area (Å²) >= 11 is 3.60. The second-order valence-electron chi connectivity index (χ2n) is 4.86. The van der Waals surface area contributed by atoms with E-state index in [4.69, 9.17) is 4.74 Å². The molecular formula is C14H20BrNO. The van der Waals surface area contributed by atoms with Crippen molar-refractivity contribution >= 4 is 15.9 Å². The van der Waals surface area contributed by atoms with Gasteiger partial charge in [-0.3, -0.25) is 0 Å². The van der Waals surface area contributed by atoms with Gasteiger partial charge in [-0.25, -0.2) is 0 Å². The number of halogens is 1. The fourth-order valence-electron chi connectivity index (χ4n) is 2.45. The van der Waals surface area contributed by atoms with Crippen LogP contribution in [0.2, 0.25) is 0 Å². The average molecular weight is 298 g/mol. The van der Waals surface area contributed by atoms with Crippen molar-refractivity contribution in [2.24, 2.45) is 5.92 Å². The Balaban J connectivity index is 2.42. The Bertz CT molecular complexity index is 403. The predicted molar refractivity (Wildman–Crippen MR) is 74.6 cm³/mol. The molecule has 1 aromatic rings. The summed E-state index contributed by atoms with van der Waals surface area (Å²) in [5.74, 6) is 1.66. The van der Waals surface area contributed by atoms with Crippen molar-refractivity contribution in [2.75, 3.05) is 13.2 Å². The molecule has 2 nitrogen and oxygen atoms in total. The molecule has 0 bridgehead atoms. The number of benzene rings is 1. The first-order valence-electron chi connectivity index (χ1n) is 6.32. The molecule has 94 valence electrons. The lowest BCUT2D eigenvalue weighted by molar-refractivity contribution is 0.338. The molecule has 1 aliphatic rings. The van der Waals surface area contributed by atoms with Crippen LogP contribution in [0.3, 0.4) is 0 Å². The number of hydrogen-bond acceptors (Lipinski definition) is 2. The Hall–Kier alpha value is -0.540. The van der Waals surface area contributed by atoms with E-state index >= 15 is 0 Å². The van der Waals surface area contributed by atoms with Crippen LogP contribution < -0.4 is 10.1 Å². The van der Waals surface area contributed by atoms with E-state index in [1.54, 1.807) is 0 Å². The molecule has 0 fully saturated rings. The number of ether oxygens (including phenoxy) is 1. The summed E-state index contributed by atoms with van der Waals surface area (Å²) in [5, 5.41) is 3.55. The molecule has 17 heavy (non-hydrogen) atoms. The molecule has 0 aliphatic carbocycles. The third kappa shape index (κ3) is 2.66. The van der Waals surface area contributed by atoms with Crippen LogP contribution in [0.4, 0.5) is 0 Å². The van der Waals surface area contributed by atoms with Crippen molar-refractivity contribution < 1.29 is 4.74 Å². The van der Waals surface area contributed by atoms with Crippen molar-refractivity contribution in [3.63, 3.8) is 0 Å². The van der Waals surface area contributed by atoms with Gasteiger partial charge in [-0.1, -0.05) is 36.7 Å². The summed E-state index contributed by atoms with van der Waals surface area (Å²) in [5.41, 5.74) is 2.63. The number of rotatable bonds is 4. The van der Waals surface area contributed by atoms with Crippen molar-refractivity contribution in [2.45, 2.75) is 33.2 Å². The highest BCUT2D eigenvalue weighted by Gasteiger charge is 2.24. The molecule has 0 aromatic heterocycles. The van der Waals surface area contributed by atoms with E-state index in [-0.39, 0.29) is 0 Å². The smallest absolute Gasteiger partial charge is 0.127 e. The van der Waals surface area contributed by atoms with Gasteiger partial charge in [0.25, 0.3) is 0 Å². The van der Waals surface area contributed by atoms with Gasteiger partial charge in [-0.05, 0) is 30.2 Å². The first-order valence-corrected chi connectivity index (χ1v) is 7.11. The highest BCUT2D eigenvalue weighted by atomic mass is 79.9. The molecule has 0 saturated heterocycles. The lowest BCUT2D eigenvalue weighted by atomic mass is 9.93. The largest absolute Gasteiger partial charge is 0.493 e. The fraction of sp³-hybridized carbons (Fsp3) is 0.571. The van der Waals surface area contributed by atoms with E-state index in [9.17, 15) is 0 Å². The van der Waals surface area contributed by atoms with Crippen LogP contribution in [-0.4, -0.2) is 13.2 Å². The molecule has 1 atom stereocenters. The third-order valence-corrected chi connectivity index (χ3v) is 3.66. The van der Waals surface area contributed by atoms with Gasteiger partial charge in [-0.15, -0.1) is 0 Å². The van der Waals surface area contributed by atoms with Gasteiger partial charge >= 0.3 is 0 Å². The Morgan fingerprint density at radius 3 is 2.82 bits per heavy atom. The van der Waals surface area contributed by atoms with Crippen LogP contribution in [-0.2, 0) is 6.42 Å². The molecule has 0 spiro atoms. The first kappa shape index (κ1) is 12.9. The van der Waals surface area contributed by atoms with Crippen molar-refractivity contribution in [1.29, 1.82) is 0 Å². The van der Waals surface area contributed by atoms with Crippen LogP contribution in [0.15, 0.2) is 16.6 Å². The molecule has 1 unspecified atom stereocenters. The Kier molecular flexibility index (Phi) is 4.10. The molecule has 1 aliphatic heterocycles. The summed E-state index contributed by atoms with van der Waals surface area (Å²) in [6.07, 6.45) is 1.03. The maximum absolute atomic E-state index is 5.80. The number of hydrogen-bond donors (Lipinski definition) is 1. The number of fused-ring (bicyclic) bond motifs is 1. The zero-order valence-corrected chi connectivity index (χ0v) is 12.3. The molecule has 1 N–H and O–H groups in total. The maximum Gasteiger partial charge on any atom is 0.127 e. The molecule has 2 rings (SSSR count). The van der Waals surface area contributed by atoms with Gasteiger partial charge in [0.1, 0.15) is 5.75 Å². The van der Waals surface area contributed by atoms with Crippen molar-refractivity contribution in [3.05, 3.63) is 27.7 Å². The molecule has 0 amide bonds. The highest BCUT2D eigenvalue weighted by Crippen LogP contribution is 2.38. The lowest BCUT2D eigenvalue weighted by Crippen LogP contribution is -2.25. The van der Waals surface area contributed by atoms with E-state index in [0.29, 0.717) is 12.0 Å². The lowest BCUT2D eigenvalue weighted by Gasteiger charge is -2.24. The molecule has 0 saturated carbocycles. The standard InChI is InChI=1S/C14H20BrNO/c1-4-16-13(9(2)3)12-8-11(15)7-10-5-6-17-14(10)12/h7-9,13,16H,4-6H2,1-3H3. The summed E-state index contributed by atoms with van der Waals surface area (Å²) in [6.45, 7) is 8.43. The molecule has 0 radical (unpaired) electrons. The summed E-state index contributed by atoms with van der Waals surface area (Å²) in [4.78, 5) is 0. The van der Waals surface area contributed by atoms with Crippen LogP contribution >= 0.6 is 15.9 Å². The van der Waals surface area contributed by atoms with Crippen LogP contribution in [0.1, 0.15) is 37.9 Å². The van der Waals surface area contributed by atoms with E-state index in [0.717, 1.165) is 29.8 Å². The Labute approximate surface area is 112 Å². The first-order chi connectivity index (χ1) is 8.13. The van der Waals surface area contributed by atoms with Gasteiger partial charge < -0.3 is 10.1 Å². The van der Waals surface area contributed by atoms with Gasteiger partial charge in [0.05, 0.1) is 6.61 Å². The minimum Gasteiger partial charge on any atom is -0.493 e. The minimum absolute atomic E-state index is 0.365.